The fraction of sp³-hybridized carbons (Fsp3) is 0.500. The quantitative estimate of drug-likeness (QED) is 0.368. The Morgan fingerprint density at radius 3 is 2.18 bits per heavy atom. The van der Waals surface area contributed by atoms with E-state index in [1.807, 2.05) is 0 Å². The fourth-order valence-electron chi connectivity index (χ4n) is 0.542. The third-order valence-corrected chi connectivity index (χ3v) is 1.68. The van der Waals surface area contributed by atoms with E-state index in [1.165, 1.54) is 0 Å². The van der Waals surface area contributed by atoms with E-state index < -0.39 is 8.32 Å². The molecule has 0 N–H and O–H groups in total. The molecule has 0 fully saturated rings. The van der Waals surface area contributed by atoms with Crippen LogP contribution in [0.4, 0.5) is 0 Å². The second-order valence-electron chi connectivity index (χ2n) is 3.14. The molecule has 0 atom stereocenters. The van der Waals surface area contributed by atoms with Crippen LogP contribution in [0.5, 0.6) is 0 Å². The minimum Gasteiger partial charge on any atom is -0.520 e. The lowest BCUT2D eigenvalue weighted by molar-refractivity contribution is 0.147. The van der Waals surface area contributed by atoms with Crippen molar-refractivity contribution >= 4 is 8.32 Å². The first-order chi connectivity index (χ1) is 4.99. The van der Waals surface area contributed by atoms with Crippen LogP contribution < -0.4 is 0 Å². The van der Waals surface area contributed by atoms with Crippen molar-refractivity contribution < 1.29 is 9.16 Å². The summed E-state index contributed by atoms with van der Waals surface area (Å²) in [5, 5.41) is 0. The van der Waals surface area contributed by atoms with Crippen molar-refractivity contribution in [1.82, 2.24) is 0 Å². The first kappa shape index (κ1) is 10.3. The van der Waals surface area contributed by atoms with Crippen molar-refractivity contribution in [3.8, 4) is 0 Å². The van der Waals surface area contributed by atoms with Gasteiger partial charge in [0.2, 0.25) is 8.32 Å². The molecule has 0 aliphatic rings. The van der Waals surface area contributed by atoms with Crippen molar-refractivity contribution in [2.45, 2.75) is 19.6 Å². The molecule has 0 saturated heterocycles. The van der Waals surface area contributed by atoms with E-state index in [1.54, 1.807) is 19.3 Å². The molecule has 0 aliphatic carbocycles. The standard InChI is InChI=1S/C8H16O2Si/c1-6-7-8(9-2)10-11(3,4)5/h6-7H,1H2,2-5H3. The number of hydrogen-bond donors (Lipinski definition) is 0. The number of ether oxygens (including phenoxy) is 1. The van der Waals surface area contributed by atoms with E-state index in [-0.39, 0.29) is 0 Å². The van der Waals surface area contributed by atoms with Crippen molar-refractivity contribution in [2.75, 3.05) is 7.11 Å². The summed E-state index contributed by atoms with van der Waals surface area (Å²) in [5.41, 5.74) is 0. The Hall–Kier alpha value is -0.703. The van der Waals surface area contributed by atoms with Gasteiger partial charge in [0.05, 0.1) is 7.11 Å². The van der Waals surface area contributed by atoms with Crippen LogP contribution in [0.1, 0.15) is 0 Å². The van der Waals surface area contributed by atoms with Crippen molar-refractivity contribution in [3.05, 3.63) is 24.7 Å². The third kappa shape index (κ3) is 5.73. The Labute approximate surface area is 69.6 Å². The molecular weight excluding hydrogens is 156 g/mol. The smallest absolute Gasteiger partial charge is 0.264 e. The molecule has 64 valence electrons. The number of allylic oxidation sites excluding steroid dienone is 2. The summed E-state index contributed by atoms with van der Waals surface area (Å²) >= 11 is 0. The van der Waals surface area contributed by atoms with Crippen LogP contribution in [-0.2, 0) is 9.16 Å². The van der Waals surface area contributed by atoms with Crippen LogP contribution in [0.3, 0.4) is 0 Å². The first-order valence-electron chi connectivity index (χ1n) is 3.55. The summed E-state index contributed by atoms with van der Waals surface area (Å²) in [6, 6.07) is 0. The second-order valence-corrected chi connectivity index (χ2v) is 7.57. The Bertz CT molecular complexity index is 156. The zero-order valence-electron chi connectivity index (χ0n) is 7.68. The summed E-state index contributed by atoms with van der Waals surface area (Å²) in [6.45, 7) is 9.86. The molecule has 0 aromatic carbocycles. The van der Waals surface area contributed by atoms with E-state index in [4.69, 9.17) is 9.16 Å². The maximum Gasteiger partial charge on any atom is 0.264 e. The Morgan fingerprint density at radius 1 is 1.36 bits per heavy atom. The Balaban J connectivity index is 4.09. The van der Waals surface area contributed by atoms with Gasteiger partial charge in [-0.05, 0) is 19.6 Å². The molecule has 0 bridgehead atoms. The highest BCUT2D eigenvalue weighted by molar-refractivity contribution is 6.69. The highest BCUT2D eigenvalue weighted by atomic mass is 28.4. The summed E-state index contributed by atoms with van der Waals surface area (Å²) in [4.78, 5) is 0. The predicted molar refractivity (Wildman–Crippen MR) is 49.7 cm³/mol. The lowest BCUT2D eigenvalue weighted by Crippen LogP contribution is -2.25. The number of rotatable bonds is 4. The van der Waals surface area contributed by atoms with Gasteiger partial charge in [-0.1, -0.05) is 12.7 Å². The van der Waals surface area contributed by atoms with Gasteiger partial charge in [-0.2, -0.15) is 0 Å². The van der Waals surface area contributed by atoms with Crippen LogP contribution in [-0.4, -0.2) is 15.4 Å². The maximum absolute atomic E-state index is 5.53. The average Bonchev–Trinajstić information content (AvgIpc) is 1.84. The summed E-state index contributed by atoms with van der Waals surface area (Å²) in [7, 11) is 0.0732. The van der Waals surface area contributed by atoms with Gasteiger partial charge in [0.15, 0.2) is 0 Å². The average molecular weight is 172 g/mol. The van der Waals surface area contributed by atoms with Gasteiger partial charge in [0.1, 0.15) is 0 Å². The van der Waals surface area contributed by atoms with Crippen LogP contribution >= 0.6 is 0 Å². The topological polar surface area (TPSA) is 18.5 Å². The lowest BCUT2D eigenvalue weighted by atomic mass is 10.6. The highest BCUT2D eigenvalue weighted by Crippen LogP contribution is 2.10. The molecule has 0 aromatic rings. The normalized spacial score (nSPS) is 12.5. The Morgan fingerprint density at radius 2 is 1.91 bits per heavy atom. The SMILES string of the molecule is C=CC=C(OC)O[Si](C)(C)C. The van der Waals surface area contributed by atoms with Crippen LogP contribution in [0, 0.1) is 0 Å². The molecule has 2 nitrogen and oxygen atoms in total. The molecule has 0 aliphatic heterocycles. The predicted octanol–water partition coefficient (Wildman–Crippen LogP) is 2.51. The number of methoxy groups -OCH3 is 1. The van der Waals surface area contributed by atoms with Crippen LogP contribution in [0.15, 0.2) is 24.7 Å². The maximum atomic E-state index is 5.53. The molecule has 0 heterocycles. The largest absolute Gasteiger partial charge is 0.520 e. The van der Waals surface area contributed by atoms with Crippen LogP contribution in [0.2, 0.25) is 19.6 Å². The summed E-state index contributed by atoms with van der Waals surface area (Å²) < 4.78 is 10.5. The van der Waals surface area contributed by atoms with E-state index in [2.05, 4.69) is 26.2 Å². The molecular formula is C8H16O2Si. The van der Waals surface area contributed by atoms with E-state index in [0.717, 1.165) is 0 Å². The lowest BCUT2D eigenvalue weighted by Gasteiger charge is -2.19. The molecule has 0 amide bonds. The van der Waals surface area contributed by atoms with Gasteiger partial charge < -0.3 is 9.16 Å². The van der Waals surface area contributed by atoms with E-state index in [9.17, 15) is 0 Å². The zero-order valence-corrected chi connectivity index (χ0v) is 8.68. The monoisotopic (exact) mass is 172 g/mol. The molecule has 0 radical (unpaired) electrons. The zero-order chi connectivity index (χ0) is 8.91. The van der Waals surface area contributed by atoms with Crippen molar-refractivity contribution in [3.63, 3.8) is 0 Å². The minimum atomic E-state index is -1.52. The van der Waals surface area contributed by atoms with Gasteiger partial charge in [0, 0.05) is 6.08 Å². The second kappa shape index (κ2) is 4.23. The molecule has 11 heavy (non-hydrogen) atoms. The molecule has 3 heteroatoms. The molecule has 0 spiro atoms. The van der Waals surface area contributed by atoms with Crippen LogP contribution in [0.25, 0.3) is 0 Å². The van der Waals surface area contributed by atoms with Crippen molar-refractivity contribution in [2.24, 2.45) is 0 Å². The number of hydrogen-bond acceptors (Lipinski definition) is 2. The highest BCUT2D eigenvalue weighted by Gasteiger charge is 2.17. The van der Waals surface area contributed by atoms with Gasteiger partial charge in [-0.25, -0.2) is 0 Å². The van der Waals surface area contributed by atoms with E-state index >= 15 is 0 Å². The summed E-state index contributed by atoms with van der Waals surface area (Å²) in [6.07, 6.45) is 3.37. The first-order valence-corrected chi connectivity index (χ1v) is 6.96. The summed E-state index contributed by atoms with van der Waals surface area (Å²) in [5.74, 6) is 0.555. The van der Waals surface area contributed by atoms with Gasteiger partial charge in [-0.3, -0.25) is 0 Å². The van der Waals surface area contributed by atoms with E-state index in [0.29, 0.717) is 5.95 Å². The van der Waals surface area contributed by atoms with Gasteiger partial charge in [-0.15, -0.1) is 0 Å². The van der Waals surface area contributed by atoms with Gasteiger partial charge in [0.25, 0.3) is 5.95 Å². The molecule has 0 rings (SSSR count). The molecule has 0 aromatic heterocycles. The minimum absolute atomic E-state index is 0.555. The Kier molecular flexibility index (Phi) is 3.96. The molecule has 0 unspecified atom stereocenters. The fourth-order valence-corrected chi connectivity index (χ4v) is 1.30. The van der Waals surface area contributed by atoms with Gasteiger partial charge >= 0.3 is 0 Å². The third-order valence-electron chi connectivity index (χ3n) is 0.862. The van der Waals surface area contributed by atoms with Crippen molar-refractivity contribution in [1.29, 1.82) is 0 Å². The molecule has 0 saturated carbocycles.